The molecule has 0 aromatic carbocycles. The number of rotatable bonds is 5. The molecule has 10 heteroatoms. The Morgan fingerprint density at radius 2 is 0.750 bits per heavy atom. The fourth-order valence-electron chi connectivity index (χ4n) is 0.708. The van der Waals surface area contributed by atoms with Crippen molar-refractivity contribution in [1.29, 1.82) is 0 Å². The SMILES string of the molecule is CNC(F)(F)C(F)(F)C(F)(F)C(F)(F)NC. The van der Waals surface area contributed by atoms with Crippen LogP contribution in [0.3, 0.4) is 0 Å². The van der Waals surface area contributed by atoms with Crippen LogP contribution in [0.25, 0.3) is 0 Å². The Balaban J connectivity index is 5.46. The molecule has 2 nitrogen and oxygen atoms in total. The van der Waals surface area contributed by atoms with Crippen LogP contribution in [0.15, 0.2) is 0 Å². The van der Waals surface area contributed by atoms with Gasteiger partial charge in [0.2, 0.25) is 0 Å². The summed E-state index contributed by atoms with van der Waals surface area (Å²) in [7, 11) is 0.475. The number of hydrogen-bond acceptors (Lipinski definition) is 2. The molecule has 0 atom stereocenters. The highest BCUT2D eigenvalue weighted by Crippen LogP contribution is 2.50. The summed E-state index contributed by atoms with van der Waals surface area (Å²) in [5.74, 6) is -12.5. The van der Waals surface area contributed by atoms with Crippen molar-refractivity contribution in [2.75, 3.05) is 14.1 Å². The highest BCUT2D eigenvalue weighted by Gasteiger charge is 2.80. The van der Waals surface area contributed by atoms with Gasteiger partial charge in [0.25, 0.3) is 0 Å². The van der Waals surface area contributed by atoms with Crippen LogP contribution in [0, 0.1) is 0 Å². The lowest BCUT2D eigenvalue weighted by atomic mass is 10.1. The molecule has 0 aliphatic heterocycles. The third-order valence-electron chi connectivity index (χ3n) is 1.81. The minimum atomic E-state index is -6.26. The van der Waals surface area contributed by atoms with Crippen molar-refractivity contribution in [3.8, 4) is 0 Å². The van der Waals surface area contributed by atoms with Crippen LogP contribution in [-0.2, 0) is 0 Å². The molecule has 16 heavy (non-hydrogen) atoms. The van der Waals surface area contributed by atoms with E-state index in [0.29, 0.717) is 10.6 Å². The first-order valence-corrected chi connectivity index (χ1v) is 3.76. The molecule has 0 aromatic heterocycles. The van der Waals surface area contributed by atoms with E-state index in [0.717, 1.165) is 0 Å². The lowest BCUT2D eigenvalue weighted by molar-refractivity contribution is -0.376. The third kappa shape index (κ3) is 1.95. The van der Waals surface area contributed by atoms with Crippen LogP contribution < -0.4 is 10.6 Å². The average Bonchev–Trinajstić information content (AvgIpc) is 2.16. The summed E-state index contributed by atoms with van der Waals surface area (Å²) in [6.07, 6.45) is 0. The maximum atomic E-state index is 12.6. The Labute approximate surface area is 85.0 Å². The second-order valence-corrected chi connectivity index (χ2v) is 2.80. The van der Waals surface area contributed by atoms with Crippen molar-refractivity contribution < 1.29 is 35.1 Å². The lowest BCUT2D eigenvalue weighted by Crippen LogP contribution is -2.68. The normalized spacial score (nSPS) is 15.4. The van der Waals surface area contributed by atoms with Gasteiger partial charge in [0, 0.05) is 0 Å². The molecule has 0 saturated carbocycles. The van der Waals surface area contributed by atoms with Gasteiger partial charge in [0.05, 0.1) is 0 Å². The van der Waals surface area contributed by atoms with Gasteiger partial charge in [0.15, 0.2) is 0 Å². The standard InChI is InChI=1S/C6H8F8N2/c1-15-5(11,12)3(7,8)4(9,10)6(13,14)16-2/h15-16H,1-2H3. The summed E-state index contributed by atoms with van der Waals surface area (Å²) < 4.78 is 99.9. The number of alkyl halides is 8. The molecular formula is C6H8F8N2. The predicted molar refractivity (Wildman–Crippen MR) is 37.9 cm³/mol. The van der Waals surface area contributed by atoms with Gasteiger partial charge in [-0.15, -0.1) is 0 Å². The Morgan fingerprint density at radius 1 is 0.562 bits per heavy atom. The quantitative estimate of drug-likeness (QED) is 0.582. The molecule has 0 rings (SSSR count). The van der Waals surface area contributed by atoms with E-state index in [1.165, 1.54) is 0 Å². The Kier molecular flexibility index (Phi) is 3.83. The first kappa shape index (κ1) is 15.4. The molecule has 0 aliphatic rings. The fraction of sp³-hybridized carbons (Fsp3) is 1.00. The second-order valence-electron chi connectivity index (χ2n) is 2.80. The van der Waals surface area contributed by atoms with Crippen LogP contribution in [0.5, 0.6) is 0 Å². The first-order valence-electron chi connectivity index (χ1n) is 3.76. The monoisotopic (exact) mass is 260 g/mol. The van der Waals surface area contributed by atoms with Gasteiger partial charge in [-0.25, -0.2) is 0 Å². The van der Waals surface area contributed by atoms with E-state index in [-0.39, 0.29) is 14.1 Å². The number of hydrogen-bond donors (Lipinski definition) is 2. The van der Waals surface area contributed by atoms with Crippen molar-refractivity contribution in [2.24, 2.45) is 0 Å². The van der Waals surface area contributed by atoms with Gasteiger partial charge < -0.3 is 0 Å². The van der Waals surface area contributed by atoms with Gasteiger partial charge in [0.1, 0.15) is 0 Å². The van der Waals surface area contributed by atoms with E-state index >= 15 is 0 Å². The number of halogens is 8. The van der Waals surface area contributed by atoms with E-state index < -0.39 is 23.9 Å². The summed E-state index contributed by atoms with van der Waals surface area (Å²) in [6, 6.07) is -11.0. The summed E-state index contributed by atoms with van der Waals surface area (Å²) >= 11 is 0. The highest BCUT2D eigenvalue weighted by molar-refractivity contribution is 5.00. The van der Waals surface area contributed by atoms with Gasteiger partial charge >= 0.3 is 23.9 Å². The minimum absolute atomic E-state index is 0.238. The van der Waals surface area contributed by atoms with E-state index in [4.69, 9.17) is 0 Å². The number of nitrogens with one attached hydrogen (secondary N) is 2. The molecular weight excluding hydrogens is 252 g/mol. The summed E-state index contributed by atoms with van der Waals surface area (Å²) in [6.45, 7) is 0. The van der Waals surface area contributed by atoms with E-state index in [1.54, 1.807) is 0 Å². The van der Waals surface area contributed by atoms with Crippen molar-refractivity contribution in [3.63, 3.8) is 0 Å². The molecule has 0 bridgehead atoms. The smallest absolute Gasteiger partial charge is 0.256 e. The topological polar surface area (TPSA) is 24.1 Å². The zero-order valence-electron chi connectivity index (χ0n) is 8.02. The van der Waals surface area contributed by atoms with Crippen molar-refractivity contribution in [2.45, 2.75) is 23.9 Å². The second kappa shape index (κ2) is 3.99. The molecule has 0 saturated heterocycles. The molecule has 0 radical (unpaired) electrons. The van der Waals surface area contributed by atoms with Crippen molar-refractivity contribution in [1.82, 2.24) is 10.6 Å². The van der Waals surface area contributed by atoms with Gasteiger partial charge in [-0.3, -0.25) is 10.6 Å². The minimum Gasteiger partial charge on any atom is -0.256 e. The van der Waals surface area contributed by atoms with E-state index in [2.05, 4.69) is 0 Å². The highest BCUT2D eigenvalue weighted by atomic mass is 19.4. The van der Waals surface area contributed by atoms with Crippen LogP contribution in [0.4, 0.5) is 35.1 Å². The van der Waals surface area contributed by atoms with E-state index in [9.17, 15) is 35.1 Å². The molecule has 0 aliphatic carbocycles. The Morgan fingerprint density at radius 3 is 0.875 bits per heavy atom. The van der Waals surface area contributed by atoms with Crippen molar-refractivity contribution >= 4 is 0 Å². The molecule has 0 amide bonds. The molecule has 0 spiro atoms. The maximum absolute atomic E-state index is 12.6. The summed E-state index contributed by atoms with van der Waals surface area (Å²) in [5, 5.41) is 1.12. The molecule has 0 unspecified atom stereocenters. The van der Waals surface area contributed by atoms with Crippen molar-refractivity contribution in [3.05, 3.63) is 0 Å². The fourth-order valence-corrected chi connectivity index (χ4v) is 0.708. The summed E-state index contributed by atoms with van der Waals surface area (Å²) in [4.78, 5) is 0. The predicted octanol–water partition coefficient (Wildman–Crippen LogP) is 1.88. The zero-order valence-corrected chi connectivity index (χ0v) is 8.02. The molecule has 2 N–H and O–H groups in total. The Bertz CT molecular complexity index is 225. The molecule has 0 aromatic rings. The van der Waals surface area contributed by atoms with Crippen LogP contribution in [0.2, 0.25) is 0 Å². The van der Waals surface area contributed by atoms with Crippen LogP contribution in [0.1, 0.15) is 0 Å². The van der Waals surface area contributed by atoms with Crippen LogP contribution in [-0.4, -0.2) is 38.0 Å². The van der Waals surface area contributed by atoms with Gasteiger partial charge in [-0.2, -0.15) is 35.1 Å². The Hall–Kier alpha value is -0.640. The van der Waals surface area contributed by atoms with Gasteiger partial charge in [-0.1, -0.05) is 0 Å². The largest absolute Gasteiger partial charge is 0.393 e. The summed E-state index contributed by atoms with van der Waals surface area (Å²) in [5.41, 5.74) is 0. The average molecular weight is 260 g/mol. The van der Waals surface area contributed by atoms with E-state index in [1.807, 2.05) is 0 Å². The molecule has 0 fully saturated rings. The zero-order chi connectivity index (χ0) is 13.4. The lowest BCUT2D eigenvalue weighted by Gasteiger charge is -2.35. The molecule has 98 valence electrons. The maximum Gasteiger partial charge on any atom is 0.393 e. The third-order valence-corrected chi connectivity index (χ3v) is 1.81. The molecule has 0 heterocycles. The first-order chi connectivity index (χ1) is 6.87. The van der Waals surface area contributed by atoms with Gasteiger partial charge in [-0.05, 0) is 14.1 Å². The van der Waals surface area contributed by atoms with Crippen LogP contribution >= 0.6 is 0 Å².